The fourth-order valence-electron chi connectivity index (χ4n) is 4.80. The molecule has 4 heterocycles. The molecule has 1 aliphatic rings. The van der Waals surface area contributed by atoms with E-state index in [2.05, 4.69) is 44.7 Å². The third-order valence-corrected chi connectivity index (χ3v) is 7.14. The Morgan fingerprint density at radius 1 is 1.06 bits per heavy atom. The minimum atomic E-state index is -0.126. The molecule has 1 aromatic carbocycles. The maximum atomic E-state index is 6.52. The summed E-state index contributed by atoms with van der Waals surface area (Å²) in [7, 11) is 1.61. The highest BCUT2D eigenvalue weighted by atomic mass is 35.5. The van der Waals surface area contributed by atoms with Gasteiger partial charge in [0, 0.05) is 42.2 Å². The van der Waals surface area contributed by atoms with Gasteiger partial charge in [0.15, 0.2) is 5.11 Å². The van der Waals surface area contributed by atoms with Gasteiger partial charge in [0.2, 0.25) is 0 Å². The number of hydrogen-bond acceptors (Lipinski definition) is 4. The number of thiocarbonyl (C=S) groups is 1. The van der Waals surface area contributed by atoms with E-state index >= 15 is 0 Å². The smallest absolute Gasteiger partial charge is 0.174 e. The van der Waals surface area contributed by atoms with Crippen LogP contribution in [0.5, 0.6) is 5.75 Å². The van der Waals surface area contributed by atoms with Gasteiger partial charge in [0.25, 0.3) is 0 Å². The van der Waals surface area contributed by atoms with E-state index in [1.807, 2.05) is 67.1 Å². The lowest BCUT2D eigenvalue weighted by molar-refractivity contribution is 0.415. The van der Waals surface area contributed by atoms with E-state index in [0.717, 1.165) is 17.9 Å². The number of halogens is 1. The lowest BCUT2D eigenvalue weighted by Gasteiger charge is -2.28. The predicted molar refractivity (Wildman–Crippen MR) is 143 cm³/mol. The molecule has 8 heteroatoms. The van der Waals surface area contributed by atoms with Crippen LogP contribution in [0, 0.1) is 13.8 Å². The predicted octanol–water partition coefficient (Wildman–Crippen LogP) is 5.78. The number of nitrogens with one attached hydrogen (secondary N) is 1. The second-order valence-electron chi connectivity index (χ2n) is 8.58. The van der Waals surface area contributed by atoms with Crippen LogP contribution in [0.3, 0.4) is 0 Å². The molecule has 178 valence electrons. The number of aromatic nitrogens is 3. The number of pyridine rings is 2. The fraction of sp³-hybridized carbons (Fsp3) is 0.222. The monoisotopic (exact) mass is 503 g/mol. The molecule has 1 N–H and O–H groups in total. The number of aryl methyl sites for hydroxylation is 1. The van der Waals surface area contributed by atoms with Crippen molar-refractivity contribution in [1.29, 1.82) is 0 Å². The molecule has 0 spiro atoms. The van der Waals surface area contributed by atoms with Crippen molar-refractivity contribution in [3.8, 4) is 5.75 Å². The van der Waals surface area contributed by atoms with E-state index in [0.29, 0.717) is 15.9 Å². The minimum absolute atomic E-state index is 0.112. The Kier molecular flexibility index (Phi) is 6.45. The zero-order valence-corrected chi connectivity index (χ0v) is 21.3. The molecule has 0 aliphatic carbocycles. The molecule has 0 unspecified atom stereocenters. The molecular weight excluding hydrogens is 478 g/mol. The standard InChI is InChI=1S/C27H26ClN5OS/c1-17-14-21(18(2)32(17)16-19-9-12-29-13-10-19)26-25(23-6-4-5-11-30-23)31-27(35)33(26)20-7-8-24(34-3)22(28)15-20/h4-15,25-26H,16H2,1-3H3,(H,31,35)/t25-,26-/m0/s1. The largest absolute Gasteiger partial charge is 0.495 e. The van der Waals surface area contributed by atoms with Crippen LogP contribution in [-0.2, 0) is 6.54 Å². The Labute approximate surface area is 215 Å². The summed E-state index contributed by atoms with van der Waals surface area (Å²) in [6.07, 6.45) is 5.47. The Morgan fingerprint density at radius 3 is 2.54 bits per heavy atom. The van der Waals surface area contributed by atoms with Crippen molar-refractivity contribution in [2.45, 2.75) is 32.5 Å². The third-order valence-electron chi connectivity index (χ3n) is 6.53. The first-order valence-electron chi connectivity index (χ1n) is 11.4. The number of anilines is 1. The van der Waals surface area contributed by atoms with Crippen LogP contribution in [-0.4, -0.2) is 26.8 Å². The van der Waals surface area contributed by atoms with Gasteiger partial charge in [-0.25, -0.2) is 0 Å². The Bertz CT molecular complexity index is 1360. The van der Waals surface area contributed by atoms with Crippen molar-refractivity contribution >= 4 is 34.6 Å². The summed E-state index contributed by atoms with van der Waals surface area (Å²) in [6.45, 7) is 5.08. The van der Waals surface area contributed by atoms with Crippen LogP contribution in [0.2, 0.25) is 5.02 Å². The van der Waals surface area contributed by atoms with Gasteiger partial charge in [-0.05, 0) is 85.7 Å². The summed E-state index contributed by atoms with van der Waals surface area (Å²) in [5.74, 6) is 0.627. The molecule has 4 aromatic rings. The van der Waals surface area contributed by atoms with Crippen molar-refractivity contribution in [3.05, 3.63) is 106 Å². The lowest BCUT2D eigenvalue weighted by Crippen LogP contribution is -2.29. The summed E-state index contributed by atoms with van der Waals surface area (Å²) >= 11 is 12.4. The molecule has 1 aliphatic heterocycles. The molecule has 1 saturated heterocycles. The molecule has 5 rings (SSSR count). The van der Waals surface area contributed by atoms with Gasteiger partial charge in [0.05, 0.1) is 29.9 Å². The van der Waals surface area contributed by atoms with Gasteiger partial charge >= 0.3 is 0 Å². The van der Waals surface area contributed by atoms with Crippen LogP contribution in [0.15, 0.2) is 73.2 Å². The average Bonchev–Trinajstić information content (AvgIpc) is 3.36. The summed E-state index contributed by atoms with van der Waals surface area (Å²) in [5.41, 5.74) is 6.58. The Morgan fingerprint density at radius 2 is 1.86 bits per heavy atom. The first kappa shape index (κ1) is 23.3. The molecule has 3 aromatic heterocycles. The van der Waals surface area contributed by atoms with Crippen LogP contribution in [0.4, 0.5) is 5.69 Å². The number of rotatable bonds is 6. The van der Waals surface area contributed by atoms with Crippen molar-refractivity contribution in [1.82, 2.24) is 19.9 Å². The van der Waals surface area contributed by atoms with Crippen molar-refractivity contribution < 1.29 is 4.74 Å². The zero-order valence-electron chi connectivity index (χ0n) is 19.8. The summed E-state index contributed by atoms with van der Waals surface area (Å²) in [4.78, 5) is 10.9. The number of benzene rings is 1. The number of methoxy groups -OCH3 is 1. The topological polar surface area (TPSA) is 55.2 Å². The maximum Gasteiger partial charge on any atom is 0.174 e. The van der Waals surface area contributed by atoms with E-state index in [4.69, 9.17) is 28.6 Å². The Hall–Kier alpha value is -3.42. The highest BCUT2D eigenvalue weighted by Crippen LogP contribution is 2.44. The second-order valence-corrected chi connectivity index (χ2v) is 9.38. The first-order valence-corrected chi connectivity index (χ1v) is 12.2. The van der Waals surface area contributed by atoms with E-state index in [1.54, 1.807) is 7.11 Å². The van der Waals surface area contributed by atoms with Crippen LogP contribution in [0.25, 0.3) is 0 Å². The molecule has 35 heavy (non-hydrogen) atoms. The summed E-state index contributed by atoms with van der Waals surface area (Å²) in [5, 5.41) is 4.69. The molecule has 1 fully saturated rings. The van der Waals surface area contributed by atoms with E-state index in [9.17, 15) is 0 Å². The van der Waals surface area contributed by atoms with Gasteiger partial charge in [-0.3, -0.25) is 9.97 Å². The van der Waals surface area contributed by atoms with Gasteiger partial charge < -0.3 is 19.5 Å². The molecule has 0 saturated carbocycles. The Balaban J connectivity index is 1.62. The third kappa shape index (κ3) is 4.37. The van der Waals surface area contributed by atoms with Gasteiger partial charge in [-0.2, -0.15) is 0 Å². The van der Waals surface area contributed by atoms with Gasteiger partial charge in [-0.1, -0.05) is 17.7 Å². The quantitative estimate of drug-likeness (QED) is 0.336. The SMILES string of the molecule is COc1ccc(N2C(=S)N[C@@H](c3ccccn3)[C@@H]2c2cc(C)n(Cc3ccncc3)c2C)cc1Cl. The molecule has 0 radical (unpaired) electrons. The van der Waals surface area contributed by atoms with Crippen LogP contribution < -0.4 is 15.0 Å². The molecule has 6 nitrogen and oxygen atoms in total. The molecule has 0 bridgehead atoms. The van der Waals surface area contributed by atoms with Crippen LogP contribution >= 0.6 is 23.8 Å². The summed E-state index contributed by atoms with van der Waals surface area (Å²) < 4.78 is 7.70. The molecule has 0 amide bonds. The van der Waals surface area contributed by atoms with Gasteiger partial charge in [-0.15, -0.1) is 0 Å². The average molecular weight is 504 g/mol. The molecule has 2 atom stereocenters. The zero-order chi connectivity index (χ0) is 24.5. The normalized spacial score (nSPS) is 17.5. The lowest BCUT2D eigenvalue weighted by atomic mass is 9.96. The highest BCUT2D eigenvalue weighted by molar-refractivity contribution is 7.80. The van der Waals surface area contributed by atoms with E-state index in [-0.39, 0.29) is 12.1 Å². The van der Waals surface area contributed by atoms with Crippen LogP contribution in [0.1, 0.15) is 40.3 Å². The first-order chi connectivity index (χ1) is 17.0. The van der Waals surface area contributed by atoms with Crippen molar-refractivity contribution in [3.63, 3.8) is 0 Å². The van der Waals surface area contributed by atoms with E-state index in [1.165, 1.54) is 22.5 Å². The van der Waals surface area contributed by atoms with E-state index < -0.39 is 0 Å². The molecular formula is C27H26ClN5OS. The number of hydrogen-bond donors (Lipinski definition) is 1. The fourth-order valence-corrected chi connectivity index (χ4v) is 5.39. The van der Waals surface area contributed by atoms with Gasteiger partial charge in [0.1, 0.15) is 5.75 Å². The minimum Gasteiger partial charge on any atom is -0.495 e. The number of nitrogens with zero attached hydrogens (tertiary/aromatic N) is 4. The second kappa shape index (κ2) is 9.68. The maximum absolute atomic E-state index is 6.52. The van der Waals surface area contributed by atoms with Crippen molar-refractivity contribution in [2.75, 3.05) is 12.0 Å². The highest BCUT2D eigenvalue weighted by Gasteiger charge is 2.42. The summed E-state index contributed by atoms with van der Waals surface area (Å²) in [6, 6.07) is 17.8. The number of ether oxygens (including phenoxy) is 1. The van der Waals surface area contributed by atoms with Crippen molar-refractivity contribution in [2.24, 2.45) is 0 Å².